The third kappa shape index (κ3) is 11.7. The molecule has 123 valence electrons. The molecule has 0 heterocycles. The predicted molar refractivity (Wildman–Crippen MR) is 94.2 cm³/mol. The molecule has 0 aromatic heterocycles. The van der Waals surface area contributed by atoms with E-state index in [-0.39, 0.29) is 5.92 Å². The maximum Gasteiger partial charge on any atom is 0.206 e. The van der Waals surface area contributed by atoms with E-state index < -0.39 is 0 Å². The maximum absolute atomic E-state index is 11.0. The smallest absolute Gasteiger partial charge is 0.206 e. The van der Waals surface area contributed by atoms with Crippen LogP contribution in [0.3, 0.4) is 0 Å². The van der Waals surface area contributed by atoms with Crippen molar-refractivity contribution in [3.63, 3.8) is 0 Å². The van der Waals surface area contributed by atoms with E-state index in [0.29, 0.717) is 5.92 Å². The summed E-state index contributed by atoms with van der Waals surface area (Å²) in [6.07, 6.45) is 20.9. The fourth-order valence-corrected chi connectivity index (χ4v) is 3.04. The Labute approximate surface area is 133 Å². The molecule has 1 heteroatoms. The molecule has 0 aliphatic carbocycles. The molecular weight excluding hydrogens is 256 g/mol. The Kier molecular flexibility index (Phi) is 15.3. The summed E-state index contributed by atoms with van der Waals surface area (Å²) in [4.78, 5) is 11.0. The summed E-state index contributed by atoms with van der Waals surface area (Å²) in [7, 11) is 0. The molecule has 0 amide bonds. The number of allylic oxidation sites excluding steroid dienone is 1. The van der Waals surface area contributed by atoms with Crippen LogP contribution >= 0.6 is 0 Å². The zero-order valence-electron chi connectivity index (χ0n) is 14.5. The molecule has 0 aromatic rings. The van der Waals surface area contributed by atoms with Gasteiger partial charge < -0.3 is 0 Å². The number of rotatable bonds is 16. The number of unbranched alkanes of at least 4 members (excludes halogenated alkanes) is 9. The monoisotopic (exact) mass is 293 g/mol. The summed E-state index contributed by atoms with van der Waals surface area (Å²) in [5, 5.41) is 0. The fraction of sp³-hybridized carbons (Fsp3) is 0.850. The summed E-state index contributed by atoms with van der Waals surface area (Å²) in [6.45, 7) is 8.29. The van der Waals surface area contributed by atoms with Gasteiger partial charge in [0.15, 0.2) is 0 Å². The Morgan fingerprint density at radius 3 is 1.71 bits per heavy atom. The van der Waals surface area contributed by atoms with Crippen molar-refractivity contribution in [3.8, 4) is 0 Å². The minimum absolute atomic E-state index is 0.0496. The highest BCUT2D eigenvalue weighted by Gasteiger charge is 2.18. The van der Waals surface area contributed by atoms with Gasteiger partial charge in [0.1, 0.15) is 0 Å². The van der Waals surface area contributed by atoms with Crippen molar-refractivity contribution in [2.75, 3.05) is 0 Å². The molecule has 21 heavy (non-hydrogen) atoms. The van der Waals surface area contributed by atoms with E-state index in [4.69, 9.17) is 0 Å². The van der Waals surface area contributed by atoms with Crippen LogP contribution in [-0.4, -0.2) is 6.29 Å². The average Bonchev–Trinajstić information content (AvgIpc) is 2.50. The second-order valence-corrected chi connectivity index (χ2v) is 6.40. The lowest BCUT2D eigenvalue weighted by molar-refractivity contribution is 0.362. The van der Waals surface area contributed by atoms with Crippen LogP contribution in [0.15, 0.2) is 12.7 Å². The van der Waals surface area contributed by atoms with Crippen molar-refractivity contribution in [2.45, 2.75) is 97.3 Å². The minimum atomic E-state index is -0.0496. The van der Waals surface area contributed by atoms with Gasteiger partial charge in [-0.15, -0.1) is 6.58 Å². The number of hydrogen-bond donors (Lipinski definition) is 0. The summed E-state index contributed by atoms with van der Waals surface area (Å²) in [5.74, 6) is 0.429. The lowest BCUT2D eigenvalue weighted by atomic mass is 9.84. The van der Waals surface area contributed by atoms with Crippen molar-refractivity contribution in [3.05, 3.63) is 12.7 Å². The van der Waals surface area contributed by atoms with Gasteiger partial charge in [-0.1, -0.05) is 90.6 Å². The lowest BCUT2D eigenvalue weighted by Gasteiger charge is -2.19. The quantitative estimate of drug-likeness (QED) is 0.231. The molecule has 2 atom stereocenters. The van der Waals surface area contributed by atoms with Crippen molar-refractivity contribution < 1.29 is 4.79 Å². The molecule has 1 nitrogen and oxygen atoms in total. The fourth-order valence-electron chi connectivity index (χ4n) is 3.04. The molecule has 0 aliphatic heterocycles. The Balaban J connectivity index is 3.79. The van der Waals surface area contributed by atoms with Crippen LogP contribution in [0.4, 0.5) is 0 Å². The molecular formula is C20H37O. The second kappa shape index (κ2) is 15.8. The van der Waals surface area contributed by atoms with Crippen molar-refractivity contribution in [1.29, 1.82) is 0 Å². The molecule has 0 saturated heterocycles. The summed E-state index contributed by atoms with van der Waals surface area (Å²) >= 11 is 0. The first kappa shape index (κ1) is 20.4. The van der Waals surface area contributed by atoms with Gasteiger partial charge in [-0.05, 0) is 18.8 Å². The third-order valence-corrected chi connectivity index (χ3v) is 4.50. The highest BCUT2D eigenvalue weighted by molar-refractivity contribution is 5.57. The standard InChI is InChI=1S/C20H37O/c1-4-7-9-10-11-12-13-15-17-20(16-14-8-5-2)19(6-3)18-21/h6,19-20H,3-5,7-17H2,1-2H3. The molecule has 0 rings (SSSR count). The Hall–Kier alpha value is -0.590. The molecule has 0 spiro atoms. The Morgan fingerprint density at radius 2 is 1.24 bits per heavy atom. The van der Waals surface area contributed by atoms with Crippen LogP contribution in [-0.2, 0) is 4.79 Å². The zero-order chi connectivity index (χ0) is 15.8. The van der Waals surface area contributed by atoms with Crippen LogP contribution in [0.2, 0.25) is 0 Å². The van der Waals surface area contributed by atoms with E-state index in [0.717, 1.165) is 6.42 Å². The Bertz CT molecular complexity index is 226. The van der Waals surface area contributed by atoms with Gasteiger partial charge in [-0.2, -0.15) is 0 Å². The first-order valence-electron chi connectivity index (χ1n) is 9.30. The first-order valence-corrected chi connectivity index (χ1v) is 9.30. The molecule has 0 aromatic carbocycles. The summed E-state index contributed by atoms with van der Waals surface area (Å²) in [5.41, 5.74) is 0. The third-order valence-electron chi connectivity index (χ3n) is 4.50. The molecule has 0 aliphatic rings. The number of carbonyl (C=O) groups excluding carboxylic acids is 1. The number of hydrogen-bond acceptors (Lipinski definition) is 1. The van der Waals surface area contributed by atoms with Crippen LogP contribution in [0.5, 0.6) is 0 Å². The van der Waals surface area contributed by atoms with E-state index in [2.05, 4.69) is 26.7 Å². The highest BCUT2D eigenvalue weighted by Crippen LogP contribution is 2.25. The molecule has 2 unspecified atom stereocenters. The summed E-state index contributed by atoms with van der Waals surface area (Å²) in [6, 6.07) is 0. The maximum atomic E-state index is 11.0. The normalized spacial score (nSPS) is 13.8. The molecule has 0 fully saturated rings. The SMILES string of the molecule is C=CC([C]=O)C(CCCCC)CCCCCCCCCC. The van der Waals surface area contributed by atoms with Gasteiger partial charge in [-0.25, -0.2) is 0 Å². The van der Waals surface area contributed by atoms with Crippen LogP contribution in [0, 0.1) is 11.8 Å². The first-order chi connectivity index (χ1) is 10.3. The minimum Gasteiger partial charge on any atom is -0.290 e. The molecule has 1 radical (unpaired) electrons. The Morgan fingerprint density at radius 1 is 0.810 bits per heavy atom. The van der Waals surface area contributed by atoms with Gasteiger partial charge in [0, 0.05) is 5.92 Å². The van der Waals surface area contributed by atoms with E-state index >= 15 is 0 Å². The van der Waals surface area contributed by atoms with Crippen LogP contribution in [0.25, 0.3) is 0 Å². The van der Waals surface area contributed by atoms with Crippen molar-refractivity contribution in [2.24, 2.45) is 11.8 Å². The second-order valence-electron chi connectivity index (χ2n) is 6.40. The van der Waals surface area contributed by atoms with Crippen LogP contribution in [0.1, 0.15) is 97.3 Å². The van der Waals surface area contributed by atoms with Gasteiger partial charge in [0.05, 0.1) is 0 Å². The van der Waals surface area contributed by atoms with Crippen molar-refractivity contribution >= 4 is 6.29 Å². The highest BCUT2D eigenvalue weighted by atomic mass is 16.1. The zero-order valence-corrected chi connectivity index (χ0v) is 14.5. The van der Waals surface area contributed by atoms with E-state index in [1.54, 1.807) is 6.08 Å². The largest absolute Gasteiger partial charge is 0.290 e. The average molecular weight is 294 g/mol. The van der Waals surface area contributed by atoms with E-state index in [9.17, 15) is 4.79 Å². The summed E-state index contributed by atoms with van der Waals surface area (Å²) < 4.78 is 0. The topological polar surface area (TPSA) is 17.1 Å². The van der Waals surface area contributed by atoms with Crippen molar-refractivity contribution in [1.82, 2.24) is 0 Å². The molecule has 0 N–H and O–H groups in total. The van der Waals surface area contributed by atoms with Gasteiger partial charge in [-0.3, -0.25) is 4.79 Å². The molecule has 0 saturated carbocycles. The molecule has 0 bridgehead atoms. The van der Waals surface area contributed by atoms with Gasteiger partial charge >= 0.3 is 0 Å². The predicted octanol–water partition coefficient (Wildman–Crippen LogP) is 6.63. The van der Waals surface area contributed by atoms with Gasteiger partial charge in [0.2, 0.25) is 6.29 Å². The van der Waals surface area contributed by atoms with E-state index in [1.807, 2.05) is 0 Å². The van der Waals surface area contributed by atoms with Gasteiger partial charge in [0.25, 0.3) is 0 Å². The van der Waals surface area contributed by atoms with E-state index in [1.165, 1.54) is 77.0 Å². The van der Waals surface area contributed by atoms with Crippen LogP contribution < -0.4 is 0 Å². The lowest BCUT2D eigenvalue weighted by Crippen LogP contribution is -2.14.